The summed E-state index contributed by atoms with van der Waals surface area (Å²) >= 11 is 1.43. The Bertz CT molecular complexity index is 895. The molecule has 7 nitrogen and oxygen atoms in total. The lowest BCUT2D eigenvalue weighted by Crippen LogP contribution is -2.29. The van der Waals surface area contributed by atoms with Gasteiger partial charge in [-0.25, -0.2) is 14.6 Å². The molecule has 0 bridgehead atoms. The number of hydrogen-bond acceptors (Lipinski definition) is 6. The van der Waals surface area contributed by atoms with E-state index in [1.54, 1.807) is 17.1 Å². The van der Waals surface area contributed by atoms with Gasteiger partial charge in [0.2, 0.25) is 0 Å². The fourth-order valence-electron chi connectivity index (χ4n) is 3.04. The molecule has 0 atom stereocenters. The van der Waals surface area contributed by atoms with Crippen LogP contribution in [0.25, 0.3) is 5.95 Å². The fraction of sp³-hybridized carbons (Fsp3) is 0.333. The molecule has 1 saturated heterocycles. The van der Waals surface area contributed by atoms with E-state index < -0.39 is 0 Å². The van der Waals surface area contributed by atoms with Crippen molar-refractivity contribution in [2.24, 2.45) is 0 Å². The number of anilines is 2. The van der Waals surface area contributed by atoms with Gasteiger partial charge >= 0.3 is 0 Å². The number of piperidine rings is 1. The predicted molar refractivity (Wildman–Crippen MR) is 102 cm³/mol. The lowest BCUT2D eigenvalue weighted by Gasteiger charge is -2.28. The third-order valence-electron chi connectivity index (χ3n) is 4.46. The number of aryl methyl sites for hydroxylation is 1. The lowest BCUT2D eigenvalue weighted by molar-refractivity contribution is 0.103. The molecule has 3 aromatic heterocycles. The van der Waals surface area contributed by atoms with Crippen LogP contribution < -0.4 is 10.2 Å². The molecule has 1 N–H and O–H groups in total. The number of nitrogens with one attached hydrogen (secondary N) is 1. The van der Waals surface area contributed by atoms with Crippen molar-refractivity contribution in [1.29, 1.82) is 0 Å². The maximum atomic E-state index is 12.3. The Kier molecular flexibility index (Phi) is 4.66. The molecule has 134 valence electrons. The first-order valence-electron chi connectivity index (χ1n) is 8.68. The lowest BCUT2D eigenvalue weighted by atomic mass is 10.1. The predicted octanol–water partition coefficient (Wildman–Crippen LogP) is 3.27. The minimum absolute atomic E-state index is 0.126. The number of hydrogen-bond donors (Lipinski definition) is 1. The van der Waals surface area contributed by atoms with Gasteiger partial charge in [-0.05, 0) is 43.2 Å². The van der Waals surface area contributed by atoms with Crippen molar-refractivity contribution in [2.75, 3.05) is 23.3 Å². The Labute approximate surface area is 155 Å². The first-order chi connectivity index (χ1) is 12.7. The van der Waals surface area contributed by atoms with Crippen LogP contribution in [0.3, 0.4) is 0 Å². The van der Waals surface area contributed by atoms with E-state index in [4.69, 9.17) is 0 Å². The molecule has 0 unspecified atom stereocenters. The normalized spacial score (nSPS) is 14.4. The molecule has 1 aliphatic rings. The smallest absolute Gasteiger partial charge is 0.266 e. The van der Waals surface area contributed by atoms with Crippen LogP contribution in [0, 0.1) is 6.92 Å². The summed E-state index contributed by atoms with van der Waals surface area (Å²) in [5.41, 5.74) is 2.63. The Morgan fingerprint density at radius 1 is 1.15 bits per heavy atom. The summed E-state index contributed by atoms with van der Waals surface area (Å²) in [7, 11) is 0. The van der Waals surface area contributed by atoms with E-state index in [2.05, 4.69) is 25.3 Å². The van der Waals surface area contributed by atoms with Crippen LogP contribution in [0.5, 0.6) is 0 Å². The molecule has 0 radical (unpaired) electrons. The molecule has 26 heavy (non-hydrogen) atoms. The summed E-state index contributed by atoms with van der Waals surface area (Å²) in [4.78, 5) is 24.1. The van der Waals surface area contributed by atoms with Crippen LogP contribution in [0.15, 0.2) is 36.2 Å². The second-order valence-electron chi connectivity index (χ2n) is 6.35. The number of amides is 1. The Hall–Kier alpha value is -2.74. The van der Waals surface area contributed by atoms with Crippen molar-refractivity contribution in [3.63, 3.8) is 0 Å². The van der Waals surface area contributed by atoms with Crippen molar-refractivity contribution >= 4 is 28.6 Å². The van der Waals surface area contributed by atoms with Gasteiger partial charge in [-0.3, -0.25) is 4.79 Å². The molecule has 4 rings (SSSR count). The second-order valence-corrected chi connectivity index (χ2v) is 7.27. The Morgan fingerprint density at radius 3 is 2.62 bits per heavy atom. The van der Waals surface area contributed by atoms with E-state index in [9.17, 15) is 4.79 Å². The molecule has 0 spiro atoms. The van der Waals surface area contributed by atoms with Crippen LogP contribution >= 0.6 is 11.3 Å². The van der Waals surface area contributed by atoms with E-state index in [0.717, 1.165) is 24.3 Å². The molecular formula is C18H20N6OS. The number of rotatable bonds is 4. The number of thiophene rings is 1. The first kappa shape index (κ1) is 16.7. The quantitative estimate of drug-likeness (QED) is 0.765. The van der Waals surface area contributed by atoms with Crippen molar-refractivity contribution < 1.29 is 4.79 Å². The number of aromatic nitrogens is 4. The van der Waals surface area contributed by atoms with Gasteiger partial charge in [0.25, 0.3) is 11.9 Å². The first-order valence-corrected chi connectivity index (χ1v) is 9.56. The molecule has 0 aliphatic carbocycles. The van der Waals surface area contributed by atoms with Crippen molar-refractivity contribution in [3.05, 3.63) is 46.7 Å². The minimum Gasteiger partial charge on any atom is -0.369 e. The average Bonchev–Trinajstić information content (AvgIpc) is 3.31. The molecule has 1 aliphatic heterocycles. The van der Waals surface area contributed by atoms with E-state index in [-0.39, 0.29) is 5.91 Å². The maximum Gasteiger partial charge on any atom is 0.266 e. The Balaban J connectivity index is 1.45. The van der Waals surface area contributed by atoms with Gasteiger partial charge in [-0.15, -0.1) is 11.3 Å². The third-order valence-corrected chi connectivity index (χ3v) is 5.47. The molecule has 4 heterocycles. The molecule has 8 heteroatoms. The van der Waals surface area contributed by atoms with E-state index in [1.807, 2.05) is 30.8 Å². The van der Waals surface area contributed by atoms with Crippen LogP contribution in [-0.2, 0) is 0 Å². The van der Waals surface area contributed by atoms with Gasteiger partial charge in [-0.1, -0.05) is 0 Å². The standard InChI is InChI=1S/C18H20N6OS/c1-13-5-8-26-16(13)17(25)22-14-9-21-24(12-14)18-19-10-15(11-20-18)23-6-3-2-4-7-23/h5,8-12H,2-4,6-7H2,1H3,(H,22,25). The fourth-order valence-corrected chi connectivity index (χ4v) is 3.86. The zero-order chi connectivity index (χ0) is 17.9. The zero-order valence-electron chi connectivity index (χ0n) is 14.6. The van der Waals surface area contributed by atoms with Gasteiger partial charge in [-0.2, -0.15) is 5.10 Å². The van der Waals surface area contributed by atoms with Gasteiger partial charge in [0.15, 0.2) is 0 Å². The van der Waals surface area contributed by atoms with Gasteiger partial charge < -0.3 is 10.2 Å². The highest BCUT2D eigenvalue weighted by Crippen LogP contribution is 2.20. The summed E-state index contributed by atoms with van der Waals surface area (Å²) in [6, 6.07) is 1.93. The third kappa shape index (κ3) is 3.45. The zero-order valence-corrected chi connectivity index (χ0v) is 15.4. The SMILES string of the molecule is Cc1ccsc1C(=O)Nc1cnn(-c2ncc(N3CCCCC3)cn2)c1. The van der Waals surface area contributed by atoms with Crippen LogP contribution in [0.1, 0.15) is 34.5 Å². The average molecular weight is 368 g/mol. The molecule has 1 amide bonds. The summed E-state index contributed by atoms with van der Waals surface area (Å²) in [6.45, 7) is 4.04. The molecular weight excluding hydrogens is 348 g/mol. The van der Waals surface area contributed by atoms with E-state index in [1.165, 1.54) is 30.6 Å². The largest absolute Gasteiger partial charge is 0.369 e. The highest BCUT2D eigenvalue weighted by atomic mass is 32.1. The van der Waals surface area contributed by atoms with E-state index >= 15 is 0 Å². The monoisotopic (exact) mass is 368 g/mol. The van der Waals surface area contributed by atoms with Crippen LogP contribution in [-0.4, -0.2) is 38.7 Å². The summed E-state index contributed by atoms with van der Waals surface area (Å²) < 4.78 is 1.57. The Morgan fingerprint density at radius 2 is 1.92 bits per heavy atom. The van der Waals surface area contributed by atoms with E-state index in [0.29, 0.717) is 16.5 Å². The second kappa shape index (κ2) is 7.25. The van der Waals surface area contributed by atoms with Gasteiger partial charge in [0.05, 0.1) is 41.0 Å². The number of carbonyl (C=O) groups excluding carboxylic acids is 1. The highest BCUT2D eigenvalue weighted by molar-refractivity contribution is 7.12. The van der Waals surface area contributed by atoms with Crippen LogP contribution in [0.2, 0.25) is 0 Å². The van der Waals surface area contributed by atoms with Gasteiger partial charge in [0.1, 0.15) is 0 Å². The number of nitrogens with zero attached hydrogens (tertiary/aromatic N) is 5. The van der Waals surface area contributed by atoms with Crippen molar-refractivity contribution in [3.8, 4) is 5.95 Å². The summed E-state index contributed by atoms with van der Waals surface area (Å²) in [5.74, 6) is 0.358. The molecule has 0 saturated carbocycles. The van der Waals surface area contributed by atoms with Crippen molar-refractivity contribution in [2.45, 2.75) is 26.2 Å². The summed E-state index contributed by atoms with van der Waals surface area (Å²) in [6.07, 6.45) is 10.7. The molecule has 1 fully saturated rings. The maximum absolute atomic E-state index is 12.3. The molecule has 3 aromatic rings. The van der Waals surface area contributed by atoms with Crippen molar-refractivity contribution in [1.82, 2.24) is 19.7 Å². The van der Waals surface area contributed by atoms with Crippen LogP contribution in [0.4, 0.5) is 11.4 Å². The molecule has 0 aromatic carbocycles. The number of carbonyl (C=O) groups is 1. The minimum atomic E-state index is -0.126. The highest BCUT2D eigenvalue weighted by Gasteiger charge is 2.14. The summed E-state index contributed by atoms with van der Waals surface area (Å²) in [5, 5.41) is 9.02. The topological polar surface area (TPSA) is 75.9 Å². The van der Waals surface area contributed by atoms with Gasteiger partial charge in [0, 0.05) is 13.1 Å².